The Bertz CT molecular complexity index is 864. The van der Waals surface area contributed by atoms with Crippen LogP contribution in [-0.4, -0.2) is 50.3 Å². The van der Waals surface area contributed by atoms with Gasteiger partial charge in [0.05, 0.1) is 32.1 Å². The van der Waals surface area contributed by atoms with Gasteiger partial charge in [-0.1, -0.05) is 12.1 Å². The Balaban J connectivity index is 0.00000272. The average molecular weight is 573 g/mol. The maximum Gasteiger partial charge on any atom is 0.191 e. The van der Waals surface area contributed by atoms with E-state index in [2.05, 4.69) is 50.6 Å². The van der Waals surface area contributed by atoms with Gasteiger partial charge in [0.15, 0.2) is 5.96 Å². The summed E-state index contributed by atoms with van der Waals surface area (Å²) in [5.74, 6) is 1.81. The van der Waals surface area contributed by atoms with Gasteiger partial charge >= 0.3 is 0 Å². The fourth-order valence-electron chi connectivity index (χ4n) is 3.47. The molecule has 1 unspecified atom stereocenters. The summed E-state index contributed by atoms with van der Waals surface area (Å²) in [5.41, 5.74) is 0. The lowest BCUT2D eigenvalue weighted by Crippen LogP contribution is -2.46. The van der Waals surface area contributed by atoms with Crippen molar-refractivity contribution in [3.8, 4) is 0 Å². The van der Waals surface area contributed by atoms with Crippen LogP contribution in [0.5, 0.6) is 0 Å². The van der Waals surface area contributed by atoms with Gasteiger partial charge in [-0.15, -0.1) is 46.7 Å². The molecule has 3 aromatic rings. The van der Waals surface area contributed by atoms with Crippen LogP contribution < -0.4 is 10.6 Å². The van der Waals surface area contributed by atoms with Crippen LogP contribution in [0.3, 0.4) is 0 Å². The van der Waals surface area contributed by atoms with Crippen molar-refractivity contribution in [2.45, 2.75) is 19.0 Å². The molecule has 0 amide bonds. The first-order valence-corrected chi connectivity index (χ1v) is 12.1. The van der Waals surface area contributed by atoms with Crippen molar-refractivity contribution in [1.29, 1.82) is 0 Å². The fourth-order valence-corrected chi connectivity index (χ4v) is 4.95. The molecule has 168 valence electrons. The van der Waals surface area contributed by atoms with Gasteiger partial charge in [0.25, 0.3) is 0 Å². The topological polar surface area (TPSA) is 62.0 Å². The summed E-state index contributed by atoms with van der Waals surface area (Å²) >= 11 is 3.54. The number of nitrogens with one attached hydrogen (secondary N) is 2. The van der Waals surface area contributed by atoms with Gasteiger partial charge in [0.2, 0.25) is 0 Å². The number of hydrogen-bond acceptors (Lipinski definition) is 6. The molecule has 4 heterocycles. The van der Waals surface area contributed by atoms with Crippen molar-refractivity contribution in [3.63, 3.8) is 0 Å². The highest BCUT2D eigenvalue weighted by molar-refractivity contribution is 14.0. The third-order valence-electron chi connectivity index (χ3n) is 5.04. The Morgan fingerprint density at radius 1 is 1.06 bits per heavy atom. The van der Waals surface area contributed by atoms with Gasteiger partial charge in [0.1, 0.15) is 5.76 Å². The Hall–Kier alpha value is -1.40. The Morgan fingerprint density at radius 3 is 2.61 bits per heavy atom. The van der Waals surface area contributed by atoms with E-state index in [1.54, 1.807) is 17.6 Å². The molecule has 1 aliphatic heterocycles. The van der Waals surface area contributed by atoms with Gasteiger partial charge < -0.3 is 19.8 Å². The van der Waals surface area contributed by atoms with E-state index < -0.39 is 0 Å². The lowest BCUT2D eigenvalue weighted by atomic mass is 10.2. The largest absolute Gasteiger partial charge is 0.469 e. The van der Waals surface area contributed by atoms with E-state index >= 15 is 0 Å². The zero-order valence-corrected chi connectivity index (χ0v) is 21.3. The number of rotatable bonds is 9. The summed E-state index contributed by atoms with van der Waals surface area (Å²) in [6.45, 7) is 5.75. The highest BCUT2D eigenvalue weighted by atomic mass is 127. The number of aliphatic imine (C=N–C) groups is 1. The third-order valence-corrected chi connectivity index (χ3v) is 6.87. The van der Waals surface area contributed by atoms with Crippen molar-refractivity contribution in [1.82, 2.24) is 15.5 Å². The first kappa shape index (κ1) is 24.2. The van der Waals surface area contributed by atoms with Crippen molar-refractivity contribution in [2.24, 2.45) is 4.99 Å². The highest BCUT2D eigenvalue weighted by Crippen LogP contribution is 2.25. The van der Waals surface area contributed by atoms with E-state index in [1.165, 1.54) is 9.75 Å². The summed E-state index contributed by atoms with van der Waals surface area (Å²) in [6, 6.07) is 12.8. The number of furan rings is 1. The molecule has 1 saturated heterocycles. The first-order valence-electron chi connectivity index (χ1n) is 10.3. The molecule has 0 spiro atoms. The van der Waals surface area contributed by atoms with Crippen LogP contribution >= 0.6 is 46.7 Å². The smallest absolute Gasteiger partial charge is 0.191 e. The molecule has 1 aliphatic rings. The molecular formula is C22H29IN4O2S2. The van der Waals surface area contributed by atoms with E-state index in [0.29, 0.717) is 12.6 Å². The normalized spacial score (nSPS) is 15.9. The minimum absolute atomic E-state index is 0. The number of morpholine rings is 1. The fraction of sp³-hybridized carbons (Fsp3) is 0.409. The summed E-state index contributed by atoms with van der Waals surface area (Å²) in [6.07, 6.45) is 2.54. The number of ether oxygens (including phenoxy) is 1. The van der Waals surface area contributed by atoms with Gasteiger partial charge in [-0.05, 0) is 35.0 Å². The van der Waals surface area contributed by atoms with Crippen molar-refractivity contribution >= 4 is 52.6 Å². The van der Waals surface area contributed by atoms with Crippen LogP contribution in [0.2, 0.25) is 0 Å². The maximum absolute atomic E-state index is 5.56. The number of nitrogens with zero attached hydrogens (tertiary/aromatic N) is 2. The Kier molecular flexibility index (Phi) is 10.3. The predicted octanol–water partition coefficient (Wildman–Crippen LogP) is 4.37. The van der Waals surface area contributed by atoms with E-state index in [-0.39, 0.29) is 24.0 Å². The van der Waals surface area contributed by atoms with Crippen LogP contribution in [-0.2, 0) is 17.7 Å². The molecule has 9 heteroatoms. The lowest BCUT2D eigenvalue weighted by molar-refractivity contribution is 0.0177. The molecule has 3 aromatic heterocycles. The third kappa shape index (κ3) is 7.60. The first-order chi connectivity index (χ1) is 14.9. The second-order valence-electron chi connectivity index (χ2n) is 7.06. The summed E-state index contributed by atoms with van der Waals surface area (Å²) in [5, 5.41) is 11.3. The lowest BCUT2D eigenvalue weighted by Gasteiger charge is -2.34. The quantitative estimate of drug-likeness (QED) is 0.227. The van der Waals surface area contributed by atoms with Crippen molar-refractivity contribution in [2.75, 3.05) is 39.4 Å². The summed E-state index contributed by atoms with van der Waals surface area (Å²) in [7, 11) is 0. The van der Waals surface area contributed by atoms with Crippen molar-refractivity contribution in [3.05, 3.63) is 68.9 Å². The number of thiophene rings is 2. The number of guanidine groups is 1. The van der Waals surface area contributed by atoms with E-state index in [0.717, 1.165) is 57.5 Å². The summed E-state index contributed by atoms with van der Waals surface area (Å²) < 4.78 is 11.0. The zero-order chi connectivity index (χ0) is 20.4. The molecule has 31 heavy (non-hydrogen) atoms. The monoisotopic (exact) mass is 572 g/mol. The van der Waals surface area contributed by atoms with Crippen LogP contribution in [0.25, 0.3) is 0 Å². The Labute approximate surface area is 208 Å². The molecule has 6 nitrogen and oxygen atoms in total. The van der Waals surface area contributed by atoms with E-state index in [1.807, 2.05) is 23.5 Å². The molecule has 0 radical (unpaired) electrons. The van der Waals surface area contributed by atoms with Crippen molar-refractivity contribution < 1.29 is 9.15 Å². The number of halogens is 1. The van der Waals surface area contributed by atoms with Gasteiger partial charge in [-0.25, -0.2) is 4.99 Å². The second kappa shape index (κ2) is 13.2. The van der Waals surface area contributed by atoms with E-state index in [4.69, 9.17) is 14.1 Å². The van der Waals surface area contributed by atoms with Gasteiger partial charge in [0, 0.05) is 42.4 Å². The molecule has 0 bridgehead atoms. The van der Waals surface area contributed by atoms with Crippen LogP contribution in [0, 0.1) is 0 Å². The minimum Gasteiger partial charge on any atom is -0.469 e. The van der Waals surface area contributed by atoms with Crippen LogP contribution in [0.4, 0.5) is 0 Å². The second-order valence-corrected chi connectivity index (χ2v) is 9.07. The summed E-state index contributed by atoms with van der Waals surface area (Å²) in [4.78, 5) is 9.95. The molecule has 2 N–H and O–H groups in total. The van der Waals surface area contributed by atoms with Crippen LogP contribution in [0.15, 0.2) is 62.8 Å². The number of hydrogen-bond donors (Lipinski definition) is 2. The molecule has 1 fully saturated rings. The standard InChI is InChI=1S/C22H28N4O2S2.HI/c1-4-18(28-11-1)7-8-23-22(24-16-19-5-2-14-29-19)25-17-20(21-6-3-15-30-21)26-9-12-27-13-10-26;/h1-6,11,14-15,20H,7-10,12-13,16-17H2,(H2,23,24,25);1H. The maximum atomic E-state index is 5.56. The molecular weight excluding hydrogens is 543 g/mol. The minimum atomic E-state index is 0. The highest BCUT2D eigenvalue weighted by Gasteiger charge is 2.23. The molecule has 1 atom stereocenters. The molecule has 0 saturated carbocycles. The van der Waals surface area contributed by atoms with Gasteiger partial charge in [-0.3, -0.25) is 4.90 Å². The van der Waals surface area contributed by atoms with Gasteiger partial charge in [-0.2, -0.15) is 0 Å². The SMILES string of the molecule is I.c1coc(CCNC(=NCc2cccs2)NCC(c2cccs2)N2CCOCC2)c1. The van der Waals surface area contributed by atoms with Crippen LogP contribution in [0.1, 0.15) is 21.6 Å². The predicted molar refractivity (Wildman–Crippen MR) is 139 cm³/mol. The van der Waals surface area contributed by atoms with E-state index in [9.17, 15) is 0 Å². The molecule has 4 rings (SSSR count). The molecule has 0 aromatic carbocycles. The Morgan fingerprint density at radius 2 is 1.90 bits per heavy atom. The molecule has 0 aliphatic carbocycles. The average Bonchev–Trinajstić information content (AvgIpc) is 3.56. The zero-order valence-electron chi connectivity index (χ0n) is 17.4.